The molecule has 3 rings (SSSR count). The lowest BCUT2D eigenvalue weighted by Gasteiger charge is -2.27. The zero-order valence-corrected chi connectivity index (χ0v) is 15.9. The number of rotatable bonds is 5. The molecule has 0 atom stereocenters. The number of ether oxygens (including phenoxy) is 2. The van der Waals surface area contributed by atoms with E-state index in [2.05, 4.69) is 10.1 Å². The Morgan fingerprint density at radius 3 is 2.84 bits per heavy atom. The molecule has 0 aliphatic carbocycles. The van der Waals surface area contributed by atoms with Crippen LogP contribution < -0.4 is 10.5 Å². The van der Waals surface area contributed by atoms with Crippen LogP contribution in [0.15, 0.2) is 39.8 Å². The molecule has 1 saturated heterocycles. The highest BCUT2D eigenvalue weighted by atomic mass is 127. The van der Waals surface area contributed by atoms with Crippen molar-refractivity contribution in [1.82, 2.24) is 10.1 Å². The normalized spacial score (nSPS) is 14.9. The lowest BCUT2D eigenvalue weighted by molar-refractivity contribution is 0.0674. The van der Waals surface area contributed by atoms with Crippen molar-refractivity contribution in [1.29, 1.82) is 0 Å². The van der Waals surface area contributed by atoms with Crippen molar-refractivity contribution in [2.75, 3.05) is 26.3 Å². The quantitative estimate of drug-likeness (QED) is 0.417. The molecule has 1 fully saturated rings. The molecule has 2 N–H and O–H groups in total. The summed E-state index contributed by atoms with van der Waals surface area (Å²) in [5.74, 6) is 0.712. The summed E-state index contributed by atoms with van der Waals surface area (Å²) in [4.78, 5) is 6.27. The molecule has 1 aliphatic rings. The minimum atomic E-state index is -0.417. The highest BCUT2D eigenvalue weighted by Crippen LogP contribution is 2.17. The Morgan fingerprint density at radius 2 is 2.08 bits per heavy atom. The van der Waals surface area contributed by atoms with Crippen molar-refractivity contribution in [2.45, 2.75) is 13.2 Å². The maximum atomic E-state index is 13.5. The van der Waals surface area contributed by atoms with Crippen LogP contribution in [0.4, 0.5) is 4.39 Å². The van der Waals surface area contributed by atoms with E-state index < -0.39 is 5.82 Å². The molecule has 7 nitrogen and oxygen atoms in total. The van der Waals surface area contributed by atoms with Gasteiger partial charge < -0.3 is 24.6 Å². The number of aromatic nitrogens is 1. The van der Waals surface area contributed by atoms with Crippen LogP contribution in [-0.4, -0.2) is 42.3 Å². The second kappa shape index (κ2) is 9.56. The van der Waals surface area contributed by atoms with Gasteiger partial charge in [0.25, 0.3) is 0 Å². The van der Waals surface area contributed by atoms with Crippen LogP contribution >= 0.6 is 24.0 Å². The minimum absolute atomic E-state index is 0. The van der Waals surface area contributed by atoms with Crippen molar-refractivity contribution in [3.8, 4) is 5.75 Å². The van der Waals surface area contributed by atoms with E-state index in [4.69, 9.17) is 19.7 Å². The molecule has 9 heteroatoms. The van der Waals surface area contributed by atoms with E-state index in [1.54, 1.807) is 24.3 Å². The molecular weight excluding hydrogens is 442 g/mol. The third-order valence-electron chi connectivity index (χ3n) is 3.55. The van der Waals surface area contributed by atoms with Gasteiger partial charge in [0.1, 0.15) is 12.3 Å². The molecule has 1 aliphatic heterocycles. The highest BCUT2D eigenvalue weighted by Gasteiger charge is 2.12. The predicted molar refractivity (Wildman–Crippen MR) is 100 cm³/mol. The summed E-state index contributed by atoms with van der Waals surface area (Å²) in [6.45, 7) is 3.17. The van der Waals surface area contributed by atoms with Crippen LogP contribution in [0.5, 0.6) is 5.75 Å². The van der Waals surface area contributed by atoms with Gasteiger partial charge in [-0.3, -0.25) is 0 Å². The van der Waals surface area contributed by atoms with Gasteiger partial charge in [0.15, 0.2) is 23.3 Å². The van der Waals surface area contributed by atoms with E-state index in [0.29, 0.717) is 37.2 Å². The van der Waals surface area contributed by atoms with Crippen molar-refractivity contribution >= 4 is 29.9 Å². The monoisotopic (exact) mass is 462 g/mol. The van der Waals surface area contributed by atoms with E-state index in [9.17, 15) is 4.39 Å². The van der Waals surface area contributed by atoms with Gasteiger partial charge in [0.2, 0.25) is 0 Å². The minimum Gasteiger partial charge on any atom is -0.482 e. The highest BCUT2D eigenvalue weighted by molar-refractivity contribution is 14.0. The average Bonchev–Trinajstić information content (AvgIpc) is 3.08. The molecule has 0 bridgehead atoms. The lowest BCUT2D eigenvalue weighted by atomic mass is 10.3. The summed E-state index contributed by atoms with van der Waals surface area (Å²) in [7, 11) is 0. The topological polar surface area (TPSA) is 86.1 Å². The summed E-state index contributed by atoms with van der Waals surface area (Å²) in [5.41, 5.74) is 6.59. The van der Waals surface area contributed by atoms with Crippen molar-refractivity contribution in [3.63, 3.8) is 0 Å². The standard InChI is InChI=1S/C16H19FN4O3.HI/c17-14-3-1-2-4-15(14)23-11-13-9-12(20-24-13)10-19-16(18)21-5-7-22-8-6-21;/h1-4,9H,5-8,10-11H2,(H2,18,19);1H. The van der Waals surface area contributed by atoms with Gasteiger partial charge in [-0.25, -0.2) is 9.38 Å². The number of aliphatic imine (C=N–C) groups is 1. The number of hydrogen-bond acceptors (Lipinski definition) is 5. The van der Waals surface area contributed by atoms with Crippen LogP contribution in [0.2, 0.25) is 0 Å². The number of para-hydroxylation sites is 1. The fraction of sp³-hybridized carbons (Fsp3) is 0.375. The van der Waals surface area contributed by atoms with Crippen molar-refractivity contribution < 1.29 is 18.4 Å². The number of benzene rings is 1. The van der Waals surface area contributed by atoms with Gasteiger partial charge >= 0.3 is 0 Å². The number of nitrogens with two attached hydrogens (primary N) is 1. The van der Waals surface area contributed by atoms with Gasteiger partial charge in [-0.2, -0.15) is 0 Å². The third kappa shape index (κ3) is 5.56. The smallest absolute Gasteiger partial charge is 0.191 e. The molecule has 2 heterocycles. The van der Waals surface area contributed by atoms with Gasteiger partial charge in [-0.1, -0.05) is 17.3 Å². The summed E-state index contributed by atoms with van der Waals surface area (Å²) < 4.78 is 29.3. The summed E-state index contributed by atoms with van der Waals surface area (Å²) >= 11 is 0. The van der Waals surface area contributed by atoms with Crippen LogP contribution in [0, 0.1) is 5.82 Å². The molecule has 0 radical (unpaired) electrons. The Balaban J connectivity index is 0.00000225. The Labute approximate surface area is 162 Å². The maximum Gasteiger partial charge on any atom is 0.191 e. The maximum absolute atomic E-state index is 13.5. The Kier molecular flexibility index (Phi) is 7.44. The zero-order chi connectivity index (χ0) is 16.8. The summed E-state index contributed by atoms with van der Waals surface area (Å²) in [6, 6.07) is 7.92. The lowest BCUT2D eigenvalue weighted by Crippen LogP contribution is -2.44. The molecule has 25 heavy (non-hydrogen) atoms. The second-order valence-electron chi connectivity index (χ2n) is 5.28. The van der Waals surface area contributed by atoms with Crippen LogP contribution in [-0.2, 0) is 17.9 Å². The van der Waals surface area contributed by atoms with Crippen LogP contribution in [0.1, 0.15) is 11.5 Å². The molecule has 1 aromatic heterocycles. The third-order valence-corrected chi connectivity index (χ3v) is 3.55. The van der Waals surface area contributed by atoms with Gasteiger partial charge in [0.05, 0.1) is 19.8 Å². The van der Waals surface area contributed by atoms with E-state index in [-0.39, 0.29) is 36.3 Å². The number of morpholine rings is 1. The van der Waals surface area contributed by atoms with E-state index in [1.807, 2.05) is 4.90 Å². The SMILES string of the molecule is I.NC(=NCc1cc(COc2ccccc2F)on1)N1CCOCC1. The van der Waals surface area contributed by atoms with E-state index in [0.717, 1.165) is 13.1 Å². The molecule has 0 amide bonds. The van der Waals surface area contributed by atoms with E-state index in [1.165, 1.54) is 6.07 Å². The predicted octanol–water partition coefficient (Wildman–Crippen LogP) is 2.16. The fourth-order valence-corrected chi connectivity index (χ4v) is 2.26. The van der Waals surface area contributed by atoms with Crippen molar-refractivity contribution in [3.05, 3.63) is 47.6 Å². The molecule has 1 aromatic carbocycles. The van der Waals surface area contributed by atoms with Gasteiger partial charge in [0, 0.05) is 19.2 Å². The van der Waals surface area contributed by atoms with Gasteiger partial charge in [-0.05, 0) is 12.1 Å². The van der Waals surface area contributed by atoms with Crippen LogP contribution in [0.3, 0.4) is 0 Å². The van der Waals surface area contributed by atoms with Crippen molar-refractivity contribution in [2.24, 2.45) is 10.7 Å². The molecule has 0 spiro atoms. The average molecular weight is 462 g/mol. The summed E-state index contributed by atoms with van der Waals surface area (Å²) in [5, 5.41) is 3.91. The number of hydrogen-bond donors (Lipinski definition) is 1. The first-order valence-electron chi connectivity index (χ1n) is 7.67. The Bertz CT molecular complexity index is 704. The zero-order valence-electron chi connectivity index (χ0n) is 13.6. The van der Waals surface area contributed by atoms with Gasteiger partial charge in [-0.15, -0.1) is 24.0 Å². The Hall–Kier alpha value is -1.88. The molecule has 0 saturated carbocycles. The number of halogens is 2. The fourth-order valence-electron chi connectivity index (χ4n) is 2.26. The number of nitrogens with zero attached hydrogens (tertiary/aromatic N) is 3. The number of guanidine groups is 1. The van der Waals surface area contributed by atoms with E-state index >= 15 is 0 Å². The second-order valence-corrected chi connectivity index (χ2v) is 5.28. The molecule has 136 valence electrons. The molecule has 0 unspecified atom stereocenters. The first kappa shape index (κ1) is 19.4. The molecule has 2 aromatic rings. The summed E-state index contributed by atoms with van der Waals surface area (Å²) in [6.07, 6.45) is 0. The molecular formula is C16H20FIN4O3. The first-order valence-corrected chi connectivity index (χ1v) is 7.67. The largest absolute Gasteiger partial charge is 0.482 e. The first-order chi connectivity index (χ1) is 11.7. The Morgan fingerprint density at radius 1 is 1.32 bits per heavy atom. The van der Waals surface area contributed by atoms with Crippen LogP contribution in [0.25, 0.3) is 0 Å².